The first-order chi connectivity index (χ1) is 9.65. The molecule has 1 fully saturated rings. The molecule has 1 heterocycles. The number of rotatable bonds is 3. The van der Waals surface area contributed by atoms with Crippen molar-refractivity contribution in [1.29, 1.82) is 0 Å². The molecule has 1 unspecified atom stereocenters. The molecule has 1 aliphatic heterocycles. The van der Waals surface area contributed by atoms with E-state index >= 15 is 0 Å². The summed E-state index contributed by atoms with van der Waals surface area (Å²) in [5.74, 6) is -1.12. The number of hydrogen-bond acceptors (Lipinski definition) is 2. The van der Waals surface area contributed by atoms with Gasteiger partial charge in [0, 0.05) is 18.6 Å². The molecular formula is C16H18F2O2. The number of aliphatic hydroxyl groups is 1. The van der Waals surface area contributed by atoms with Crippen LogP contribution in [0.4, 0.5) is 8.78 Å². The molecule has 1 saturated carbocycles. The number of halogens is 2. The summed E-state index contributed by atoms with van der Waals surface area (Å²) in [6.45, 7) is 0.654. The largest absolute Gasteiger partial charge is 0.490 e. The summed E-state index contributed by atoms with van der Waals surface area (Å²) < 4.78 is 33.4. The Balaban J connectivity index is 1.77. The molecule has 0 bridgehead atoms. The second kappa shape index (κ2) is 4.17. The zero-order valence-electron chi connectivity index (χ0n) is 11.3. The van der Waals surface area contributed by atoms with Gasteiger partial charge in [-0.1, -0.05) is 0 Å². The van der Waals surface area contributed by atoms with Crippen molar-refractivity contribution in [2.45, 2.75) is 44.4 Å². The Morgan fingerprint density at radius 2 is 1.95 bits per heavy atom. The zero-order valence-corrected chi connectivity index (χ0v) is 11.3. The van der Waals surface area contributed by atoms with Gasteiger partial charge >= 0.3 is 0 Å². The van der Waals surface area contributed by atoms with Gasteiger partial charge in [-0.2, -0.15) is 4.39 Å². The van der Waals surface area contributed by atoms with E-state index < -0.39 is 11.6 Å². The van der Waals surface area contributed by atoms with Crippen LogP contribution in [-0.4, -0.2) is 18.3 Å². The number of fused-ring (bicyclic) bond motifs is 3. The summed E-state index contributed by atoms with van der Waals surface area (Å²) in [6, 6.07) is 0. The summed E-state index contributed by atoms with van der Waals surface area (Å²) in [7, 11) is 0. The Morgan fingerprint density at radius 1 is 1.15 bits per heavy atom. The molecule has 1 aromatic rings. The first-order valence-corrected chi connectivity index (χ1v) is 7.41. The van der Waals surface area contributed by atoms with Gasteiger partial charge in [-0.25, -0.2) is 4.39 Å². The lowest BCUT2D eigenvalue weighted by atomic mass is 9.85. The molecular weight excluding hydrogens is 262 g/mol. The summed E-state index contributed by atoms with van der Waals surface area (Å²) in [5, 5.41) is 9.50. The molecule has 2 nitrogen and oxygen atoms in total. The first-order valence-electron chi connectivity index (χ1n) is 7.41. The normalized spacial score (nSPS) is 25.2. The molecule has 2 aliphatic carbocycles. The topological polar surface area (TPSA) is 29.5 Å². The van der Waals surface area contributed by atoms with Crippen molar-refractivity contribution in [2.24, 2.45) is 5.41 Å². The zero-order chi connectivity index (χ0) is 13.9. The Labute approximate surface area is 116 Å². The van der Waals surface area contributed by atoms with Crippen LogP contribution in [0.15, 0.2) is 0 Å². The predicted molar refractivity (Wildman–Crippen MR) is 70.0 cm³/mol. The van der Waals surface area contributed by atoms with Gasteiger partial charge in [0.15, 0.2) is 11.6 Å². The Hall–Kier alpha value is -1.16. The van der Waals surface area contributed by atoms with E-state index in [1.807, 2.05) is 0 Å². The summed E-state index contributed by atoms with van der Waals surface area (Å²) >= 11 is 0. The molecule has 0 saturated heterocycles. The number of hydrogen-bond donors (Lipinski definition) is 1. The third-order valence-electron chi connectivity index (χ3n) is 5.30. The Bertz CT molecular complexity index is 579. The van der Waals surface area contributed by atoms with E-state index in [9.17, 15) is 13.9 Å². The highest BCUT2D eigenvalue weighted by Gasteiger charge is 2.46. The summed E-state index contributed by atoms with van der Waals surface area (Å²) in [4.78, 5) is 0. The fraction of sp³-hybridized carbons (Fsp3) is 0.625. The van der Waals surface area contributed by atoms with Crippen molar-refractivity contribution in [3.63, 3.8) is 0 Å². The van der Waals surface area contributed by atoms with Crippen molar-refractivity contribution in [3.8, 4) is 5.75 Å². The Kier molecular flexibility index (Phi) is 2.62. The van der Waals surface area contributed by atoms with Crippen molar-refractivity contribution in [3.05, 3.63) is 28.3 Å². The molecule has 1 N–H and O–H groups in total. The third kappa shape index (κ3) is 1.63. The van der Waals surface area contributed by atoms with E-state index in [1.54, 1.807) is 0 Å². The van der Waals surface area contributed by atoms with Crippen LogP contribution in [0.3, 0.4) is 0 Å². The molecule has 4 heteroatoms. The fourth-order valence-corrected chi connectivity index (χ4v) is 3.97. The van der Waals surface area contributed by atoms with Gasteiger partial charge in [0.25, 0.3) is 0 Å². The van der Waals surface area contributed by atoms with Crippen LogP contribution in [-0.2, 0) is 12.8 Å². The molecule has 1 atom stereocenters. The second-order valence-electron chi connectivity index (χ2n) is 6.52. The molecule has 108 valence electrons. The lowest BCUT2D eigenvalue weighted by Crippen LogP contribution is -2.12. The monoisotopic (exact) mass is 280 g/mol. The first kappa shape index (κ1) is 12.6. The van der Waals surface area contributed by atoms with Gasteiger partial charge in [-0.3, -0.25) is 0 Å². The highest BCUT2D eigenvalue weighted by atomic mass is 19.2. The van der Waals surface area contributed by atoms with Crippen molar-refractivity contribution < 1.29 is 18.6 Å². The second-order valence-corrected chi connectivity index (χ2v) is 6.52. The fourth-order valence-electron chi connectivity index (χ4n) is 3.97. The number of benzene rings is 1. The van der Waals surface area contributed by atoms with E-state index in [4.69, 9.17) is 4.74 Å². The van der Waals surface area contributed by atoms with Crippen LogP contribution in [0.2, 0.25) is 0 Å². The summed E-state index contributed by atoms with van der Waals surface area (Å²) in [6.07, 6.45) is 5.16. The van der Waals surface area contributed by atoms with Gasteiger partial charge < -0.3 is 9.84 Å². The van der Waals surface area contributed by atoms with E-state index in [0.29, 0.717) is 25.0 Å². The van der Waals surface area contributed by atoms with Crippen LogP contribution >= 0.6 is 0 Å². The van der Waals surface area contributed by atoms with Crippen LogP contribution < -0.4 is 4.74 Å². The molecule has 0 spiro atoms. The van der Waals surface area contributed by atoms with E-state index in [-0.39, 0.29) is 23.7 Å². The minimum atomic E-state index is -0.805. The molecule has 0 aromatic heterocycles. The van der Waals surface area contributed by atoms with Crippen LogP contribution in [0.5, 0.6) is 5.75 Å². The molecule has 3 aliphatic rings. The van der Waals surface area contributed by atoms with Gasteiger partial charge in [0.1, 0.15) is 0 Å². The average Bonchev–Trinajstić information content (AvgIpc) is 2.86. The van der Waals surface area contributed by atoms with Crippen LogP contribution in [0, 0.1) is 17.0 Å². The standard InChI is InChI=1S/C16H18F2O2/c17-13-10-2-1-9(7-16(8-19)4-5-16)12(10)11-3-6-20-15(11)14(13)18/h9,19H,1-8H2. The minimum Gasteiger partial charge on any atom is -0.490 e. The average molecular weight is 280 g/mol. The predicted octanol–water partition coefficient (Wildman–Crippen LogP) is 3.09. The number of ether oxygens (including phenoxy) is 1. The lowest BCUT2D eigenvalue weighted by Gasteiger charge is -2.20. The van der Waals surface area contributed by atoms with Crippen molar-refractivity contribution in [2.75, 3.05) is 13.2 Å². The van der Waals surface area contributed by atoms with Crippen molar-refractivity contribution >= 4 is 0 Å². The van der Waals surface area contributed by atoms with Gasteiger partial charge in [-0.15, -0.1) is 0 Å². The van der Waals surface area contributed by atoms with Crippen LogP contribution in [0.25, 0.3) is 0 Å². The third-order valence-corrected chi connectivity index (χ3v) is 5.30. The quantitative estimate of drug-likeness (QED) is 0.922. The summed E-state index contributed by atoms with van der Waals surface area (Å²) in [5.41, 5.74) is 2.49. The molecule has 20 heavy (non-hydrogen) atoms. The van der Waals surface area contributed by atoms with E-state index in [0.717, 1.165) is 36.8 Å². The maximum atomic E-state index is 14.2. The minimum absolute atomic E-state index is 0.0451. The van der Waals surface area contributed by atoms with Crippen molar-refractivity contribution in [1.82, 2.24) is 0 Å². The maximum Gasteiger partial charge on any atom is 0.201 e. The van der Waals surface area contributed by atoms with Gasteiger partial charge in [-0.05, 0) is 54.6 Å². The highest BCUT2D eigenvalue weighted by molar-refractivity contribution is 5.53. The Morgan fingerprint density at radius 3 is 2.65 bits per heavy atom. The molecule has 1 aromatic carbocycles. The van der Waals surface area contributed by atoms with Gasteiger partial charge in [0.2, 0.25) is 5.82 Å². The van der Waals surface area contributed by atoms with Crippen LogP contribution in [0.1, 0.15) is 48.3 Å². The number of aliphatic hydroxyl groups excluding tert-OH is 1. The molecule has 4 rings (SSSR count). The molecule has 0 radical (unpaired) electrons. The maximum absolute atomic E-state index is 14.2. The van der Waals surface area contributed by atoms with E-state index in [1.165, 1.54) is 0 Å². The highest BCUT2D eigenvalue weighted by Crippen LogP contribution is 2.56. The molecule has 0 amide bonds. The lowest BCUT2D eigenvalue weighted by molar-refractivity contribution is 0.195. The smallest absolute Gasteiger partial charge is 0.201 e. The SMILES string of the molecule is OCC1(CC2CCc3c(F)c(F)c4c(c32)CCO4)CC1. The van der Waals surface area contributed by atoms with E-state index in [2.05, 4.69) is 0 Å². The van der Waals surface area contributed by atoms with Gasteiger partial charge in [0.05, 0.1) is 6.61 Å².